The maximum Gasteiger partial charge on any atom is 0.417 e. The summed E-state index contributed by atoms with van der Waals surface area (Å²) in [4.78, 5) is 69.6. The average molecular weight is 622 g/mol. The molecule has 10 nitrogen and oxygen atoms in total. The Labute approximate surface area is 252 Å². The first-order valence-corrected chi connectivity index (χ1v) is 15.1. The first kappa shape index (κ1) is 32.2. The zero-order valence-corrected chi connectivity index (χ0v) is 24.9. The number of likely N-dealkylation sites (N-methyl/N-ethyl adjacent to an activating group) is 1. The van der Waals surface area contributed by atoms with E-state index in [2.05, 4.69) is 6.92 Å². The summed E-state index contributed by atoms with van der Waals surface area (Å²) in [5.74, 6) is -12.7. The SMILES string of the molecule is CCCC1CCN(Cc2cc(O)c3c(c2C(F)(F)F)C[C@H]2C[C@H]4[C@H](N(C)C)C(=O)C(C(N)=O)C(=O)[C@@]4(O)C(=O)C2C3=O)CC1. The minimum Gasteiger partial charge on any atom is -0.507 e. The van der Waals surface area contributed by atoms with Crippen molar-refractivity contribution < 1.29 is 47.4 Å². The van der Waals surface area contributed by atoms with E-state index in [0.29, 0.717) is 19.0 Å². The van der Waals surface area contributed by atoms with Gasteiger partial charge in [0.2, 0.25) is 5.91 Å². The third-order valence-electron chi connectivity index (χ3n) is 10.2. The number of Topliss-reactive ketones (excluding diaryl/α,β-unsaturated/α-hetero) is 4. The van der Waals surface area contributed by atoms with E-state index >= 15 is 0 Å². The fourth-order valence-corrected chi connectivity index (χ4v) is 8.30. The van der Waals surface area contributed by atoms with Gasteiger partial charge in [0.1, 0.15) is 5.75 Å². The number of phenolic OH excluding ortho intramolecular Hbond substituents is 1. The first-order valence-electron chi connectivity index (χ1n) is 15.1. The predicted molar refractivity (Wildman–Crippen MR) is 149 cm³/mol. The molecule has 4 N–H and O–H groups in total. The number of benzene rings is 1. The highest BCUT2D eigenvalue weighted by Gasteiger charge is 2.69. The van der Waals surface area contributed by atoms with E-state index in [1.54, 1.807) is 0 Å². The molecule has 2 unspecified atom stereocenters. The van der Waals surface area contributed by atoms with Crippen molar-refractivity contribution in [3.8, 4) is 5.75 Å². The molecule has 2 saturated carbocycles. The quantitative estimate of drug-likeness (QED) is 0.404. The maximum atomic E-state index is 14.8. The van der Waals surface area contributed by atoms with Crippen LogP contribution < -0.4 is 5.73 Å². The van der Waals surface area contributed by atoms with Crippen LogP contribution in [0.2, 0.25) is 0 Å². The van der Waals surface area contributed by atoms with Gasteiger partial charge in [-0.25, -0.2) is 0 Å². The molecule has 1 heterocycles. The fourth-order valence-electron chi connectivity index (χ4n) is 8.30. The third-order valence-corrected chi connectivity index (χ3v) is 10.2. The van der Waals surface area contributed by atoms with Gasteiger partial charge in [0.05, 0.1) is 23.1 Å². The second kappa shape index (κ2) is 11.3. The molecule has 0 radical (unpaired) electrons. The van der Waals surface area contributed by atoms with Crippen molar-refractivity contribution in [1.82, 2.24) is 9.80 Å². The minimum absolute atomic E-state index is 0.0850. The summed E-state index contributed by atoms with van der Waals surface area (Å²) < 4.78 is 44.3. The molecule has 44 heavy (non-hydrogen) atoms. The normalized spacial score (nSPS) is 31.6. The molecule has 5 rings (SSSR count). The molecule has 1 aromatic carbocycles. The topological polar surface area (TPSA) is 158 Å². The predicted octanol–water partition coefficient (Wildman–Crippen LogP) is 1.90. The first-order chi connectivity index (χ1) is 20.5. The van der Waals surface area contributed by atoms with Crippen LogP contribution in [0.3, 0.4) is 0 Å². The molecular formula is C31H38F3N3O7. The molecule has 3 fully saturated rings. The van der Waals surface area contributed by atoms with Gasteiger partial charge in [0.25, 0.3) is 0 Å². The van der Waals surface area contributed by atoms with Gasteiger partial charge in [0.15, 0.2) is 34.7 Å². The number of primary amides is 1. The lowest BCUT2D eigenvalue weighted by molar-refractivity contribution is -0.181. The van der Waals surface area contributed by atoms with Gasteiger partial charge in [-0.3, -0.25) is 33.8 Å². The fraction of sp³-hybridized carbons (Fsp3) is 0.645. The highest BCUT2D eigenvalue weighted by Crippen LogP contribution is 2.53. The van der Waals surface area contributed by atoms with Crippen molar-refractivity contribution in [3.05, 3.63) is 28.3 Å². The Morgan fingerprint density at radius 3 is 2.32 bits per heavy atom. The minimum atomic E-state index is -4.89. The smallest absolute Gasteiger partial charge is 0.417 e. The van der Waals surface area contributed by atoms with E-state index in [-0.39, 0.29) is 18.5 Å². The summed E-state index contributed by atoms with van der Waals surface area (Å²) in [5.41, 5.74) is 0.0711. The highest BCUT2D eigenvalue weighted by molar-refractivity contribution is 6.32. The molecule has 1 aromatic rings. The second-order valence-corrected chi connectivity index (χ2v) is 13.1. The van der Waals surface area contributed by atoms with Crippen LogP contribution in [0.1, 0.15) is 66.1 Å². The number of carbonyl (C=O) groups is 5. The molecule has 240 valence electrons. The van der Waals surface area contributed by atoms with Crippen molar-refractivity contribution in [2.24, 2.45) is 35.3 Å². The van der Waals surface area contributed by atoms with E-state index in [9.17, 15) is 47.4 Å². The summed E-state index contributed by atoms with van der Waals surface area (Å²) in [6.45, 7) is 3.20. The van der Waals surface area contributed by atoms with E-state index in [0.717, 1.165) is 31.7 Å². The lowest BCUT2D eigenvalue weighted by Crippen LogP contribution is -2.74. The van der Waals surface area contributed by atoms with Gasteiger partial charge in [0, 0.05) is 12.5 Å². The van der Waals surface area contributed by atoms with Gasteiger partial charge >= 0.3 is 6.18 Å². The Kier molecular flexibility index (Phi) is 8.30. The number of carbonyl (C=O) groups excluding carboxylic acids is 5. The summed E-state index contributed by atoms with van der Waals surface area (Å²) in [6.07, 6.45) is -1.88. The van der Waals surface area contributed by atoms with Crippen LogP contribution in [-0.2, 0) is 38.3 Å². The number of halogens is 3. The Morgan fingerprint density at radius 2 is 1.77 bits per heavy atom. The van der Waals surface area contributed by atoms with Gasteiger partial charge in [-0.1, -0.05) is 19.8 Å². The molecular weight excluding hydrogens is 583 g/mol. The highest BCUT2D eigenvalue weighted by atomic mass is 19.4. The van der Waals surface area contributed by atoms with Crippen LogP contribution in [0.4, 0.5) is 13.2 Å². The molecule has 1 amide bonds. The van der Waals surface area contributed by atoms with Crippen LogP contribution in [0.15, 0.2) is 6.07 Å². The van der Waals surface area contributed by atoms with E-state index in [1.165, 1.54) is 19.0 Å². The molecule has 3 aliphatic carbocycles. The molecule has 6 atom stereocenters. The van der Waals surface area contributed by atoms with Gasteiger partial charge in [-0.2, -0.15) is 13.2 Å². The van der Waals surface area contributed by atoms with Crippen molar-refractivity contribution in [2.75, 3.05) is 27.2 Å². The zero-order valence-electron chi connectivity index (χ0n) is 24.9. The number of fused-ring (bicyclic) bond motifs is 3. The molecule has 0 spiro atoms. The Morgan fingerprint density at radius 1 is 1.14 bits per heavy atom. The Hall–Kier alpha value is -3.16. The van der Waals surface area contributed by atoms with Gasteiger partial charge < -0.3 is 15.9 Å². The molecule has 1 saturated heterocycles. The maximum absolute atomic E-state index is 14.8. The van der Waals surface area contributed by atoms with Crippen LogP contribution >= 0.6 is 0 Å². The number of hydrogen-bond donors (Lipinski definition) is 3. The number of likely N-dealkylation sites (tertiary alicyclic amines) is 1. The van der Waals surface area contributed by atoms with Gasteiger partial charge in [-0.05, 0) is 81.9 Å². The molecule has 4 aliphatic rings. The zero-order chi connectivity index (χ0) is 32.5. The number of ketones is 4. The molecule has 0 aromatic heterocycles. The van der Waals surface area contributed by atoms with E-state index in [4.69, 9.17) is 5.73 Å². The average Bonchev–Trinajstić information content (AvgIpc) is 2.90. The van der Waals surface area contributed by atoms with Crippen LogP contribution in [0, 0.1) is 29.6 Å². The number of rotatable bonds is 6. The lowest BCUT2D eigenvalue weighted by Gasteiger charge is -2.52. The molecule has 1 aliphatic heterocycles. The summed E-state index contributed by atoms with van der Waals surface area (Å²) in [5, 5.41) is 22.6. The number of aromatic hydroxyl groups is 1. The number of piperidine rings is 1. The number of nitrogens with two attached hydrogens (primary N) is 1. The number of phenols is 1. The van der Waals surface area contributed by atoms with Gasteiger partial charge in [-0.15, -0.1) is 0 Å². The lowest BCUT2D eigenvalue weighted by atomic mass is 9.52. The van der Waals surface area contributed by atoms with Crippen molar-refractivity contribution >= 4 is 29.0 Å². The van der Waals surface area contributed by atoms with Crippen LogP contribution in [0.25, 0.3) is 0 Å². The monoisotopic (exact) mass is 621 g/mol. The standard InChI is InChI=1S/C31H38F3N3O7/c1-4-5-14-6-8-37(9-7-14)13-16-12-19(38)21-17(23(16)31(32,33)34)10-15-11-18-24(36(2)3)26(40)22(29(35)43)28(42)30(18,44)27(41)20(15)25(21)39/h12,14-15,18,20,22,24,38,44H,4-11,13H2,1-3H3,(H2,35,43)/t15-,18-,20?,22?,24-,30-/m0/s1. The third kappa shape index (κ3) is 4.96. The van der Waals surface area contributed by atoms with E-state index < -0.39 is 99.4 Å². The van der Waals surface area contributed by atoms with Crippen molar-refractivity contribution in [3.63, 3.8) is 0 Å². The second-order valence-electron chi connectivity index (χ2n) is 13.1. The largest absolute Gasteiger partial charge is 0.507 e. The van der Waals surface area contributed by atoms with Crippen molar-refractivity contribution in [1.29, 1.82) is 0 Å². The number of aliphatic hydroxyl groups is 1. The molecule has 0 bridgehead atoms. The Bertz CT molecular complexity index is 1420. The Balaban J connectivity index is 1.57. The number of alkyl halides is 3. The van der Waals surface area contributed by atoms with Crippen molar-refractivity contribution in [2.45, 2.75) is 69.8 Å². The number of nitrogens with zero attached hydrogens (tertiary/aromatic N) is 2. The van der Waals surface area contributed by atoms with E-state index in [1.807, 2.05) is 4.90 Å². The summed E-state index contributed by atoms with van der Waals surface area (Å²) in [7, 11) is 2.87. The number of hydrogen-bond acceptors (Lipinski definition) is 9. The van der Waals surface area contributed by atoms with Crippen LogP contribution in [-0.4, -0.2) is 87.9 Å². The summed E-state index contributed by atoms with van der Waals surface area (Å²) in [6, 6.07) is -0.410. The van der Waals surface area contributed by atoms with Crippen LogP contribution in [0.5, 0.6) is 5.75 Å². The molecule has 13 heteroatoms. The summed E-state index contributed by atoms with van der Waals surface area (Å²) >= 11 is 0. The number of amides is 1.